The third-order valence-corrected chi connectivity index (χ3v) is 7.52. The van der Waals surface area contributed by atoms with E-state index >= 15 is 0 Å². The van der Waals surface area contributed by atoms with Gasteiger partial charge < -0.3 is 56.2 Å². The fraction of sp³-hybridized carbons (Fsp3) is 0.400. The van der Waals surface area contributed by atoms with Crippen molar-refractivity contribution >= 4 is 46.8 Å². The molecule has 19 nitrogen and oxygen atoms in total. The van der Waals surface area contributed by atoms with Gasteiger partial charge in [-0.3, -0.25) is 0 Å². The second kappa shape index (κ2) is 11.8. The summed E-state index contributed by atoms with van der Waals surface area (Å²) in [4.78, 5) is 50.5. The van der Waals surface area contributed by atoms with Crippen LogP contribution in [0.15, 0.2) is 12.4 Å². The number of hydrogen-bond acceptors (Lipinski definition) is 11. The van der Waals surface area contributed by atoms with Gasteiger partial charge in [-0.05, 0) is 5.56 Å². The molecule has 5 atom stereocenters. The Morgan fingerprint density at radius 1 is 0.818 bits per heavy atom. The van der Waals surface area contributed by atoms with E-state index in [4.69, 9.17) is 0 Å². The van der Waals surface area contributed by atoms with E-state index in [2.05, 4.69) is 0 Å². The molecule has 1 aliphatic heterocycles. The summed E-state index contributed by atoms with van der Waals surface area (Å²) in [5.74, 6) is -2.10. The summed E-state index contributed by atoms with van der Waals surface area (Å²) in [6, 6.07) is 0. The first-order valence-corrected chi connectivity index (χ1v) is 12.8. The molecule has 4 rings (SSSR count). The van der Waals surface area contributed by atoms with Crippen LogP contribution in [0.1, 0.15) is 40.9 Å². The van der Waals surface area contributed by atoms with Gasteiger partial charge in [-0.25, -0.2) is 28.1 Å². The van der Waals surface area contributed by atoms with Crippen LogP contribution in [0.3, 0.4) is 0 Å². The maximum absolute atomic E-state index is 12.9. The Labute approximate surface area is 244 Å². The van der Waals surface area contributed by atoms with Crippen LogP contribution >= 0.6 is 0 Å². The fourth-order valence-corrected chi connectivity index (χ4v) is 5.76. The lowest BCUT2D eigenvalue weighted by Gasteiger charge is -2.29. The number of aliphatic hydroxyl groups is 7. The van der Waals surface area contributed by atoms with Gasteiger partial charge in [0.15, 0.2) is 0 Å². The lowest BCUT2D eigenvalue weighted by atomic mass is 9.86. The van der Waals surface area contributed by atoms with Crippen molar-refractivity contribution in [2.24, 2.45) is 0 Å². The second-order valence-electron chi connectivity index (χ2n) is 10.0. The van der Waals surface area contributed by atoms with E-state index in [1.165, 1.54) is 0 Å². The molecule has 1 aliphatic rings. The molecule has 238 valence electrons. The van der Waals surface area contributed by atoms with Crippen molar-refractivity contribution in [2.45, 2.75) is 50.3 Å². The summed E-state index contributed by atoms with van der Waals surface area (Å²) in [6.07, 6.45) is -14.3. The monoisotopic (exact) mass is 625 g/mol. The average Bonchev–Trinajstić information content (AvgIpc) is 3.60. The molecule has 44 heavy (non-hydrogen) atoms. The SMILES string of the molecule is CC1=[N+](C(=O)O)c2c(CO)cn(C(=O)O)c2C(C(O)C(O)C(O)CO)c2c1c1c(c(CC(O)CO)cn1C(=O)O)n2C(=O)O. The van der Waals surface area contributed by atoms with E-state index < -0.39 is 120 Å². The van der Waals surface area contributed by atoms with Crippen LogP contribution in [-0.2, 0) is 13.0 Å². The quantitative estimate of drug-likeness (QED) is 0.128. The van der Waals surface area contributed by atoms with E-state index in [-0.39, 0.29) is 11.1 Å². The number of rotatable bonds is 8. The van der Waals surface area contributed by atoms with Gasteiger partial charge >= 0.3 is 24.4 Å². The summed E-state index contributed by atoms with van der Waals surface area (Å²) in [5.41, 5.74) is -4.25. The van der Waals surface area contributed by atoms with Crippen LogP contribution in [0.4, 0.5) is 24.9 Å². The summed E-state index contributed by atoms with van der Waals surface area (Å²) in [5, 5.41) is 113. The van der Waals surface area contributed by atoms with Gasteiger partial charge in [0.25, 0.3) is 0 Å². The van der Waals surface area contributed by atoms with Crippen molar-refractivity contribution in [3.63, 3.8) is 0 Å². The standard InChI is InChI=1S/C25H28N4O15/c1-8-13-17(29(25(43)44)15-9(2-11(33)6-31)3-26(18(13)15)22(37)38)14(21(36)20(35)12(34)7-32)19-16(28(8)24(41)42)10(5-30)4-27(19)23(39)40/h3-4,11-12,14,20-21,30-36H,2,5-7H2,1H3,(H3-,37,38,39,40,41,42,43,44)/p+1. The van der Waals surface area contributed by atoms with Crippen molar-refractivity contribution in [3.8, 4) is 0 Å². The van der Waals surface area contributed by atoms with Gasteiger partial charge in [0.1, 0.15) is 17.9 Å². The summed E-state index contributed by atoms with van der Waals surface area (Å²) < 4.78 is 1.75. The normalized spacial score (nSPS) is 17.5. The van der Waals surface area contributed by atoms with E-state index in [0.29, 0.717) is 18.3 Å². The van der Waals surface area contributed by atoms with Gasteiger partial charge in [-0.1, -0.05) is 4.58 Å². The Kier molecular flexibility index (Phi) is 8.66. The number of nitrogens with zero attached hydrogens (tertiary/aromatic N) is 4. The zero-order chi connectivity index (χ0) is 32.9. The highest BCUT2D eigenvalue weighted by molar-refractivity contribution is 6.14. The fourth-order valence-electron chi connectivity index (χ4n) is 5.76. The molecular weight excluding hydrogens is 596 g/mol. The zero-order valence-electron chi connectivity index (χ0n) is 22.7. The first-order chi connectivity index (χ1) is 20.6. The van der Waals surface area contributed by atoms with Crippen molar-refractivity contribution in [2.75, 3.05) is 13.2 Å². The number of hydrogen-bond donors (Lipinski definition) is 11. The average molecular weight is 626 g/mol. The second-order valence-corrected chi connectivity index (χ2v) is 10.0. The van der Waals surface area contributed by atoms with Crippen molar-refractivity contribution in [1.29, 1.82) is 0 Å². The van der Waals surface area contributed by atoms with Gasteiger partial charge in [-0.2, -0.15) is 4.79 Å². The Morgan fingerprint density at radius 3 is 1.89 bits per heavy atom. The molecule has 0 aliphatic carbocycles. The first kappa shape index (κ1) is 32.3. The van der Waals surface area contributed by atoms with E-state index in [9.17, 15) is 75.3 Å². The molecule has 1 amide bonds. The van der Waals surface area contributed by atoms with Gasteiger partial charge in [-0.15, -0.1) is 0 Å². The molecule has 11 N–H and O–H groups in total. The Bertz CT molecular complexity index is 1710. The zero-order valence-corrected chi connectivity index (χ0v) is 22.7. The van der Waals surface area contributed by atoms with E-state index in [1.54, 1.807) is 0 Å². The minimum atomic E-state index is -2.40. The molecule has 0 bridgehead atoms. The van der Waals surface area contributed by atoms with Crippen LogP contribution in [0.5, 0.6) is 0 Å². The van der Waals surface area contributed by atoms with Crippen LogP contribution in [0, 0.1) is 0 Å². The number of aliphatic hydroxyl groups excluding tert-OH is 7. The molecule has 0 fully saturated rings. The van der Waals surface area contributed by atoms with Crippen LogP contribution in [0.2, 0.25) is 0 Å². The molecule has 0 saturated heterocycles. The molecule has 0 spiro atoms. The lowest BCUT2D eigenvalue weighted by molar-refractivity contribution is -0.354. The van der Waals surface area contributed by atoms with Gasteiger partial charge in [0.05, 0.1) is 65.8 Å². The van der Waals surface area contributed by atoms with Crippen molar-refractivity contribution in [1.82, 2.24) is 13.7 Å². The van der Waals surface area contributed by atoms with E-state index in [1.807, 2.05) is 0 Å². The summed E-state index contributed by atoms with van der Waals surface area (Å²) >= 11 is 0. The Hall–Kier alpha value is -4.63. The molecule has 3 aromatic heterocycles. The van der Waals surface area contributed by atoms with Crippen molar-refractivity contribution in [3.05, 3.63) is 40.5 Å². The predicted molar refractivity (Wildman–Crippen MR) is 142 cm³/mol. The van der Waals surface area contributed by atoms with Gasteiger partial charge in [0, 0.05) is 25.7 Å². The number of fused-ring (bicyclic) bond motifs is 4. The molecule has 0 saturated carbocycles. The lowest BCUT2D eigenvalue weighted by Crippen LogP contribution is -2.44. The molecule has 19 heteroatoms. The predicted octanol–water partition coefficient (Wildman–Crippen LogP) is -1.44. The summed E-state index contributed by atoms with van der Waals surface area (Å²) in [7, 11) is 0. The number of amides is 1. The highest BCUT2D eigenvalue weighted by Crippen LogP contribution is 2.47. The Morgan fingerprint density at radius 2 is 1.41 bits per heavy atom. The van der Waals surface area contributed by atoms with E-state index in [0.717, 1.165) is 19.3 Å². The molecule has 4 heterocycles. The molecular formula is C25H29N4O15+. The smallest absolute Gasteiger partial charge is 0.464 e. The van der Waals surface area contributed by atoms with Crippen molar-refractivity contribution < 1.29 is 79.9 Å². The maximum atomic E-state index is 12.9. The molecule has 3 aromatic rings. The highest BCUT2D eigenvalue weighted by Gasteiger charge is 2.50. The molecule has 5 unspecified atom stereocenters. The van der Waals surface area contributed by atoms with Crippen LogP contribution in [-0.4, -0.2) is 142 Å². The molecule has 0 radical (unpaired) electrons. The highest BCUT2D eigenvalue weighted by atomic mass is 16.4. The summed E-state index contributed by atoms with van der Waals surface area (Å²) in [6.45, 7) is -1.81. The minimum Gasteiger partial charge on any atom is -0.464 e. The topological polar surface area (TPSA) is 309 Å². The number of carbonyl (C=O) groups is 4. The minimum absolute atomic E-state index is 0.178. The number of carboxylic acid groups (broad SMARTS) is 4. The van der Waals surface area contributed by atoms with Gasteiger partial charge in [0.2, 0.25) is 11.4 Å². The third kappa shape index (κ3) is 4.81. The molecule has 0 aromatic carbocycles. The first-order valence-electron chi connectivity index (χ1n) is 12.8. The largest absolute Gasteiger partial charge is 0.600 e. The number of aromatic nitrogens is 3. The maximum Gasteiger partial charge on any atom is 0.600 e. The van der Waals surface area contributed by atoms with Crippen LogP contribution in [0.25, 0.3) is 11.0 Å². The Balaban J connectivity index is 2.37. The van der Waals surface area contributed by atoms with Crippen LogP contribution < -0.4 is 0 Å². The third-order valence-electron chi connectivity index (χ3n) is 7.52.